The van der Waals surface area contributed by atoms with Gasteiger partial charge in [-0.1, -0.05) is 6.92 Å². The topological polar surface area (TPSA) is 82.3 Å². The Morgan fingerprint density at radius 2 is 2.24 bits per heavy atom. The van der Waals surface area contributed by atoms with E-state index in [9.17, 15) is 14.4 Å². The number of hydrogen-bond donors (Lipinski definition) is 2. The highest BCUT2D eigenvalue weighted by Crippen LogP contribution is 2.19. The minimum absolute atomic E-state index is 0.0133. The Bertz CT molecular complexity index is 567. The number of aromatic nitrogens is 1. The molecule has 2 amide bonds. The zero-order chi connectivity index (χ0) is 15.2. The molecule has 0 spiro atoms. The fourth-order valence-corrected chi connectivity index (χ4v) is 2.59. The zero-order valence-electron chi connectivity index (χ0n) is 12.2. The molecule has 6 nitrogen and oxygen atoms in total. The molecule has 1 unspecified atom stereocenters. The van der Waals surface area contributed by atoms with Crippen molar-refractivity contribution in [1.29, 1.82) is 0 Å². The molecule has 0 radical (unpaired) electrons. The number of nitrogens with one attached hydrogen (secondary N) is 2. The van der Waals surface area contributed by atoms with E-state index >= 15 is 0 Å². The summed E-state index contributed by atoms with van der Waals surface area (Å²) in [6.07, 6.45) is 6.67. The summed E-state index contributed by atoms with van der Waals surface area (Å²) < 4.78 is 0. The second kappa shape index (κ2) is 7.06. The van der Waals surface area contributed by atoms with Gasteiger partial charge in [-0.2, -0.15) is 0 Å². The maximum atomic E-state index is 12.4. The van der Waals surface area contributed by atoms with E-state index in [1.54, 1.807) is 4.90 Å². The minimum atomic E-state index is -0.475. The van der Waals surface area contributed by atoms with Gasteiger partial charge in [0.15, 0.2) is 0 Å². The molecule has 2 rings (SSSR count). The van der Waals surface area contributed by atoms with Gasteiger partial charge < -0.3 is 15.2 Å². The zero-order valence-corrected chi connectivity index (χ0v) is 12.2. The molecular formula is C15H21N3O3. The molecule has 114 valence electrons. The molecule has 6 heteroatoms. The molecule has 1 aromatic rings. The summed E-state index contributed by atoms with van der Waals surface area (Å²) in [5.41, 5.74) is -0.0275. The number of carbonyl (C=O) groups excluding carboxylic acids is 2. The lowest BCUT2D eigenvalue weighted by Crippen LogP contribution is -2.50. The van der Waals surface area contributed by atoms with E-state index in [0.29, 0.717) is 19.4 Å². The van der Waals surface area contributed by atoms with Crippen molar-refractivity contribution < 1.29 is 9.59 Å². The predicted octanol–water partition coefficient (Wildman–Crippen LogP) is 1.49. The third-order valence-corrected chi connectivity index (χ3v) is 3.67. The van der Waals surface area contributed by atoms with E-state index in [2.05, 4.69) is 10.3 Å². The van der Waals surface area contributed by atoms with Crippen LogP contribution in [0.3, 0.4) is 0 Å². The molecule has 1 atom stereocenters. The summed E-state index contributed by atoms with van der Waals surface area (Å²) in [5, 5.41) is 2.63. The van der Waals surface area contributed by atoms with Crippen LogP contribution >= 0.6 is 0 Å². The highest BCUT2D eigenvalue weighted by atomic mass is 16.2. The Kier molecular flexibility index (Phi) is 5.14. The Balaban J connectivity index is 2.10. The first kappa shape index (κ1) is 15.3. The van der Waals surface area contributed by atoms with E-state index in [1.807, 2.05) is 6.92 Å². The van der Waals surface area contributed by atoms with E-state index < -0.39 is 6.04 Å². The summed E-state index contributed by atoms with van der Waals surface area (Å²) >= 11 is 0. The van der Waals surface area contributed by atoms with Crippen LogP contribution in [0.1, 0.15) is 39.0 Å². The van der Waals surface area contributed by atoms with Gasteiger partial charge in [0.05, 0.1) is 0 Å². The predicted molar refractivity (Wildman–Crippen MR) is 80.0 cm³/mol. The maximum absolute atomic E-state index is 12.4. The van der Waals surface area contributed by atoms with Gasteiger partial charge in [-0.15, -0.1) is 0 Å². The first-order valence-corrected chi connectivity index (χ1v) is 7.41. The molecule has 0 saturated carbocycles. The number of rotatable bonds is 4. The second-order valence-corrected chi connectivity index (χ2v) is 5.26. The van der Waals surface area contributed by atoms with Crippen molar-refractivity contribution in [3.8, 4) is 0 Å². The standard InChI is InChI=1S/C15H21N3O3/c1-2-5-14(20)18-9-4-3-6-12(18)15(21)17-11-10-16-8-7-13(11)19/h7-8,10,12H,2-6,9H2,1H3,(H,16,19)(H,17,21). The Hall–Kier alpha value is -2.11. The van der Waals surface area contributed by atoms with Crippen LogP contribution in [0.2, 0.25) is 0 Å². The van der Waals surface area contributed by atoms with Crippen molar-refractivity contribution in [2.45, 2.75) is 45.1 Å². The number of likely N-dealkylation sites (tertiary alicyclic amines) is 1. The molecule has 21 heavy (non-hydrogen) atoms. The fraction of sp³-hybridized carbons (Fsp3) is 0.533. The molecule has 2 heterocycles. The number of aromatic amines is 1. The second-order valence-electron chi connectivity index (χ2n) is 5.26. The minimum Gasteiger partial charge on any atom is -0.366 e. The summed E-state index contributed by atoms with van der Waals surface area (Å²) in [7, 11) is 0. The number of anilines is 1. The Morgan fingerprint density at radius 3 is 2.95 bits per heavy atom. The van der Waals surface area contributed by atoms with E-state index in [1.165, 1.54) is 18.5 Å². The van der Waals surface area contributed by atoms with Crippen LogP contribution in [-0.4, -0.2) is 34.3 Å². The van der Waals surface area contributed by atoms with Crippen LogP contribution < -0.4 is 10.7 Å². The summed E-state index contributed by atoms with van der Waals surface area (Å²) in [4.78, 5) is 40.6. The van der Waals surface area contributed by atoms with Gasteiger partial charge in [0.2, 0.25) is 17.2 Å². The Labute approximate surface area is 123 Å². The average Bonchev–Trinajstić information content (AvgIpc) is 2.50. The normalized spacial score (nSPS) is 18.3. The van der Waals surface area contributed by atoms with Crippen molar-refractivity contribution in [3.05, 3.63) is 28.7 Å². The number of carbonyl (C=O) groups is 2. The number of piperidine rings is 1. The van der Waals surface area contributed by atoms with Gasteiger partial charge in [-0.3, -0.25) is 14.4 Å². The highest BCUT2D eigenvalue weighted by molar-refractivity contribution is 5.97. The number of H-pyrrole nitrogens is 1. The first-order chi connectivity index (χ1) is 10.1. The van der Waals surface area contributed by atoms with Gasteiger partial charge in [-0.25, -0.2) is 0 Å². The summed E-state index contributed by atoms with van der Waals surface area (Å²) in [6, 6.07) is 0.883. The van der Waals surface area contributed by atoms with Gasteiger partial charge in [-0.05, 0) is 25.7 Å². The van der Waals surface area contributed by atoms with Gasteiger partial charge in [0, 0.05) is 31.4 Å². The smallest absolute Gasteiger partial charge is 0.247 e. The largest absolute Gasteiger partial charge is 0.366 e. The average molecular weight is 291 g/mol. The van der Waals surface area contributed by atoms with Crippen LogP contribution in [0.5, 0.6) is 0 Å². The van der Waals surface area contributed by atoms with Crippen molar-refractivity contribution in [2.24, 2.45) is 0 Å². The number of hydrogen-bond acceptors (Lipinski definition) is 3. The van der Waals surface area contributed by atoms with Crippen LogP contribution in [0.4, 0.5) is 5.69 Å². The lowest BCUT2D eigenvalue weighted by molar-refractivity contribution is -0.140. The van der Waals surface area contributed by atoms with E-state index in [0.717, 1.165) is 19.3 Å². The lowest BCUT2D eigenvalue weighted by atomic mass is 10.0. The van der Waals surface area contributed by atoms with Crippen molar-refractivity contribution in [3.63, 3.8) is 0 Å². The molecule has 0 aromatic carbocycles. The quantitative estimate of drug-likeness (QED) is 0.882. The van der Waals surface area contributed by atoms with Crippen molar-refractivity contribution in [1.82, 2.24) is 9.88 Å². The molecule has 1 aliphatic heterocycles. The summed E-state index contributed by atoms with van der Waals surface area (Å²) in [5.74, 6) is -0.268. The van der Waals surface area contributed by atoms with Crippen LogP contribution in [0.25, 0.3) is 0 Å². The van der Waals surface area contributed by atoms with Crippen molar-refractivity contribution >= 4 is 17.5 Å². The molecule has 1 aliphatic rings. The fourth-order valence-electron chi connectivity index (χ4n) is 2.59. The van der Waals surface area contributed by atoms with Gasteiger partial charge in [0.1, 0.15) is 11.7 Å². The van der Waals surface area contributed by atoms with Crippen LogP contribution in [0, 0.1) is 0 Å². The molecule has 1 saturated heterocycles. The molecule has 0 bridgehead atoms. The molecule has 0 aliphatic carbocycles. The number of pyridine rings is 1. The van der Waals surface area contributed by atoms with Gasteiger partial charge >= 0.3 is 0 Å². The van der Waals surface area contributed by atoms with Gasteiger partial charge in [0.25, 0.3) is 0 Å². The lowest BCUT2D eigenvalue weighted by Gasteiger charge is -2.34. The van der Waals surface area contributed by atoms with Crippen LogP contribution in [0.15, 0.2) is 23.3 Å². The number of amides is 2. The summed E-state index contributed by atoms with van der Waals surface area (Å²) in [6.45, 7) is 2.56. The van der Waals surface area contributed by atoms with E-state index in [4.69, 9.17) is 0 Å². The SMILES string of the molecule is CCCC(=O)N1CCCCC1C(=O)Nc1c[nH]ccc1=O. The molecule has 1 fully saturated rings. The third kappa shape index (κ3) is 3.71. The highest BCUT2D eigenvalue weighted by Gasteiger charge is 2.31. The molecule has 1 aromatic heterocycles. The first-order valence-electron chi connectivity index (χ1n) is 7.41. The van der Waals surface area contributed by atoms with Crippen LogP contribution in [-0.2, 0) is 9.59 Å². The Morgan fingerprint density at radius 1 is 1.43 bits per heavy atom. The van der Waals surface area contributed by atoms with E-state index in [-0.39, 0.29) is 22.9 Å². The monoisotopic (exact) mass is 291 g/mol. The molecule has 2 N–H and O–H groups in total. The third-order valence-electron chi connectivity index (χ3n) is 3.67. The maximum Gasteiger partial charge on any atom is 0.247 e. The van der Waals surface area contributed by atoms with Crippen molar-refractivity contribution in [2.75, 3.05) is 11.9 Å². The number of nitrogens with zero attached hydrogens (tertiary/aromatic N) is 1. The molecular weight excluding hydrogens is 270 g/mol.